The van der Waals surface area contributed by atoms with Crippen LogP contribution in [0.2, 0.25) is 0 Å². The fourth-order valence-corrected chi connectivity index (χ4v) is 10.2. The van der Waals surface area contributed by atoms with Gasteiger partial charge in [0.05, 0.1) is 16.8 Å². The van der Waals surface area contributed by atoms with Gasteiger partial charge in [0.25, 0.3) is 0 Å². The van der Waals surface area contributed by atoms with Gasteiger partial charge >= 0.3 is 0 Å². The normalized spacial score (nSPS) is 12.6. The van der Waals surface area contributed by atoms with Crippen molar-refractivity contribution in [2.75, 3.05) is 0 Å². The van der Waals surface area contributed by atoms with E-state index in [1.54, 1.807) is 0 Å². The fraction of sp³-hybridized carbons (Fsp3) is 0.0164. The maximum absolute atomic E-state index is 5.26. The van der Waals surface area contributed by atoms with Crippen molar-refractivity contribution < 1.29 is 0 Å². The van der Waals surface area contributed by atoms with Crippen molar-refractivity contribution >= 4 is 21.5 Å². The molecule has 1 aromatic heterocycles. The average Bonchev–Trinajstić information content (AvgIpc) is 3.68. The molecule has 2 heteroatoms. The number of hydrogen-bond acceptors (Lipinski definition) is 2. The van der Waals surface area contributed by atoms with Crippen molar-refractivity contribution in [3.63, 3.8) is 0 Å². The summed E-state index contributed by atoms with van der Waals surface area (Å²) in [7, 11) is 0. The van der Waals surface area contributed by atoms with Gasteiger partial charge in [-0.3, -0.25) is 0 Å². The molecule has 0 unspecified atom stereocenters. The molecular weight excluding hydrogens is 761 g/mol. The van der Waals surface area contributed by atoms with E-state index in [1.165, 1.54) is 71.8 Å². The van der Waals surface area contributed by atoms with E-state index in [4.69, 9.17) is 9.97 Å². The predicted octanol–water partition coefficient (Wildman–Crippen LogP) is 15.5. The predicted molar refractivity (Wildman–Crippen MR) is 262 cm³/mol. The first kappa shape index (κ1) is 36.6. The van der Waals surface area contributed by atoms with E-state index in [1.807, 2.05) is 18.2 Å². The number of nitrogens with zero attached hydrogens (tertiary/aromatic N) is 2. The van der Waals surface area contributed by atoms with E-state index in [0.717, 1.165) is 33.5 Å². The van der Waals surface area contributed by atoms with Gasteiger partial charge in [0.1, 0.15) is 0 Å². The number of aromatic nitrogens is 2. The molecule has 0 fully saturated rings. The van der Waals surface area contributed by atoms with Crippen molar-refractivity contribution in [1.82, 2.24) is 9.97 Å². The molecule has 0 saturated carbocycles. The fourth-order valence-electron chi connectivity index (χ4n) is 10.2. The number of hydrogen-bond donors (Lipinski definition) is 0. The van der Waals surface area contributed by atoms with Crippen molar-refractivity contribution in [3.05, 3.63) is 265 Å². The lowest BCUT2D eigenvalue weighted by Gasteiger charge is -2.34. The molecule has 0 N–H and O–H groups in total. The van der Waals surface area contributed by atoms with Crippen LogP contribution in [0.3, 0.4) is 0 Å². The average molecular weight is 801 g/mol. The smallest absolute Gasteiger partial charge is 0.160 e. The second-order valence-electron chi connectivity index (χ2n) is 16.4. The van der Waals surface area contributed by atoms with E-state index >= 15 is 0 Å². The van der Waals surface area contributed by atoms with Gasteiger partial charge < -0.3 is 0 Å². The summed E-state index contributed by atoms with van der Waals surface area (Å²) in [6, 6.07) is 87.8. The molecule has 0 radical (unpaired) electrons. The first-order valence-corrected chi connectivity index (χ1v) is 21.6. The van der Waals surface area contributed by atoms with Gasteiger partial charge in [-0.1, -0.05) is 224 Å². The van der Waals surface area contributed by atoms with Crippen LogP contribution in [0.1, 0.15) is 22.3 Å². The summed E-state index contributed by atoms with van der Waals surface area (Å²) in [5.41, 5.74) is 16.9. The Kier molecular flexibility index (Phi) is 8.76. The Labute approximate surface area is 367 Å². The zero-order chi connectivity index (χ0) is 41.7. The molecule has 1 aliphatic carbocycles. The van der Waals surface area contributed by atoms with Crippen LogP contribution >= 0.6 is 0 Å². The minimum atomic E-state index is -0.455. The Hall–Kier alpha value is -8.20. The molecule has 2 nitrogen and oxygen atoms in total. The molecule has 0 amide bonds. The van der Waals surface area contributed by atoms with Gasteiger partial charge in [-0.05, 0) is 95.4 Å². The van der Waals surface area contributed by atoms with Crippen LogP contribution in [-0.4, -0.2) is 9.97 Å². The third-order valence-electron chi connectivity index (χ3n) is 13.0. The lowest BCUT2D eigenvalue weighted by molar-refractivity contribution is 0.768. The molecular formula is C61H40N2. The second-order valence-corrected chi connectivity index (χ2v) is 16.4. The van der Waals surface area contributed by atoms with Crippen LogP contribution in [0.4, 0.5) is 0 Å². The van der Waals surface area contributed by atoms with E-state index in [-0.39, 0.29) is 0 Å². The molecule has 294 valence electrons. The number of benzene rings is 10. The number of rotatable bonds is 7. The molecule has 0 bridgehead atoms. The maximum atomic E-state index is 5.26. The quantitative estimate of drug-likeness (QED) is 0.160. The highest BCUT2D eigenvalue weighted by atomic mass is 14.9. The third-order valence-corrected chi connectivity index (χ3v) is 13.0. The zero-order valence-electron chi connectivity index (χ0n) is 34.5. The van der Waals surface area contributed by atoms with Gasteiger partial charge in [0.2, 0.25) is 0 Å². The first-order chi connectivity index (χ1) is 31.2. The topological polar surface area (TPSA) is 25.8 Å². The first-order valence-electron chi connectivity index (χ1n) is 21.6. The second kappa shape index (κ2) is 15.1. The Balaban J connectivity index is 1.01. The summed E-state index contributed by atoms with van der Waals surface area (Å²) >= 11 is 0. The number of fused-ring (bicyclic) bond motifs is 5. The van der Waals surface area contributed by atoms with Crippen LogP contribution in [-0.2, 0) is 5.41 Å². The van der Waals surface area contributed by atoms with Crippen molar-refractivity contribution in [2.24, 2.45) is 0 Å². The molecule has 0 saturated heterocycles. The van der Waals surface area contributed by atoms with Crippen LogP contribution in [0, 0.1) is 0 Å². The Bertz CT molecular complexity index is 3460. The van der Waals surface area contributed by atoms with Crippen molar-refractivity contribution in [2.45, 2.75) is 5.41 Å². The Morgan fingerprint density at radius 1 is 0.286 bits per heavy atom. The molecule has 11 aromatic rings. The molecule has 0 atom stereocenters. The SMILES string of the molecule is c1ccc(-c2nc(-c3ccc4ccccc4c3)cc(-c3ccc(-c4cccc(-c5cccc6c5-c5ccccc5C6(c5ccccc5)c5ccccc5)c4)c4ccccc34)n2)cc1. The molecule has 0 aliphatic heterocycles. The van der Waals surface area contributed by atoms with Crippen LogP contribution in [0.15, 0.2) is 243 Å². The maximum Gasteiger partial charge on any atom is 0.160 e. The largest absolute Gasteiger partial charge is 0.228 e. The van der Waals surface area contributed by atoms with Crippen LogP contribution in [0.5, 0.6) is 0 Å². The molecule has 10 aromatic carbocycles. The van der Waals surface area contributed by atoms with Crippen LogP contribution in [0.25, 0.3) is 88.8 Å². The molecule has 0 spiro atoms. The van der Waals surface area contributed by atoms with Gasteiger partial charge in [-0.15, -0.1) is 0 Å². The molecule has 1 aliphatic rings. The van der Waals surface area contributed by atoms with E-state index < -0.39 is 5.41 Å². The van der Waals surface area contributed by atoms with Gasteiger partial charge in [-0.2, -0.15) is 0 Å². The lowest BCUT2D eigenvalue weighted by atomic mass is 9.67. The monoisotopic (exact) mass is 800 g/mol. The minimum absolute atomic E-state index is 0.455. The molecule has 63 heavy (non-hydrogen) atoms. The Morgan fingerprint density at radius 3 is 1.59 bits per heavy atom. The van der Waals surface area contributed by atoms with Gasteiger partial charge in [0, 0.05) is 16.7 Å². The van der Waals surface area contributed by atoms with Gasteiger partial charge in [-0.25, -0.2) is 9.97 Å². The zero-order valence-corrected chi connectivity index (χ0v) is 34.5. The van der Waals surface area contributed by atoms with Crippen molar-refractivity contribution in [1.29, 1.82) is 0 Å². The van der Waals surface area contributed by atoms with Gasteiger partial charge in [0.15, 0.2) is 5.82 Å². The highest BCUT2D eigenvalue weighted by Gasteiger charge is 2.46. The minimum Gasteiger partial charge on any atom is -0.228 e. The summed E-state index contributed by atoms with van der Waals surface area (Å²) in [5.74, 6) is 0.706. The summed E-state index contributed by atoms with van der Waals surface area (Å²) in [5, 5.41) is 4.71. The van der Waals surface area contributed by atoms with E-state index in [2.05, 4.69) is 224 Å². The Morgan fingerprint density at radius 2 is 0.825 bits per heavy atom. The third kappa shape index (κ3) is 6.02. The van der Waals surface area contributed by atoms with E-state index in [0.29, 0.717) is 5.82 Å². The highest BCUT2D eigenvalue weighted by molar-refractivity contribution is 6.05. The standard InChI is InChI=1S/C61H40N2/c1-4-19-42(20-5-1)60-62-57(46-35-34-41-18-10-11-21-43(41)38-46)40-58(63-60)53-37-36-49(51-28-12-13-29-52(51)53)44-22-16-23-45(39-44)50-31-17-33-56-59(50)54-30-14-15-32-55(54)61(56,47-24-6-2-7-25-47)48-26-8-3-9-27-48/h1-40H. The summed E-state index contributed by atoms with van der Waals surface area (Å²) in [6.45, 7) is 0. The molecule has 1 heterocycles. The summed E-state index contributed by atoms with van der Waals surface area (Å²) in [4.78, 5) is 10.4. The van der Waals surface area contributed by atoms with E-state index in [9.17, 15) is 0 Å². The highest BCUT2D eigenvalue weighted by Crippen LogP contribution is 2.58. The van der Waals surface area contributed by atoms with Crippen molar-refractivity contribution in [3.8, 4) is 67.3 Å². The summed E-state index contributed by atoms with van der Waals surface area (Å²) in [6.07, 6.45) is 0. The lowest BCUT2D eigenvalue weighted by Crippen LogP contribution is -2.28. The van der Waals surface area contributed by atoms with Crippen LogP contribution < -0.4 is 0 Å². The summed E-state index contributed by atoms with van der Waals surface area (Å²) < 4.78 is 0. The molecule has 12 rings (SSSR count).